The normalized spacial score (nSPS) is 14.7. The molecule has 0 aliphatic carbocycles. The maximum Gasteiger partial charge on any atom is 0.213 e. The molecule has 0 aromatic heterocycles. The van der Waals surface area contributed by atoms with E-state index in [0.717, 1.165) is 0 Å². The van der Waals surface area contributed by atoms with Crippen LogP contribution in [0.5, 0.6) is 0 Å². The highest BCUT2D eigenvalue weighted by Gasteiger charge is 2.14. The molecule has 98 valence electrons. The SMILES string of the molecule is CC(C)NCCS(=O)(=O)NC(C)CN(C)C. The van der Waals surface area contributed by atoms with Gasteiger partial charge < -0.3 is 10.2 Å². The minimum atomic E-state index is -3.16. The lowest BCUT2D eigenvalue weighted by Gasteiger charge is -2.18. The molecule has 0 aliphatic heterocycles. The van der Waals surface area contributed by atoms with E-state index in [1.165, 1.54) is 0 Å². The van der Waals surface area contributed by atoms with E-state index in [0.29, 0.717) is 19.1 Å². The lowest BCUT2D eigenvalue weighted by atomic mass is 10.3. The molecule has 0 saturated carbocycles. The quantitative estimate of drug-likeness (QED) is 0.630. The molecule has 0 aromatic carbocycles. The predicted molar refractivity (Wildman–Crippen MR) is 68.1 cm³/mol. The zero-order chi connectivity index (χ0) is 12.8. The maximum absolute atomic E-state index is 11.6. The van der Waals surface area contributed by atoms with Gasteiger partial charge in [-0.1, -0.05) is 13.8 Å². The van der Waals surface area contributed by atoms with Gasteiger partial charge in [-0.15, -0.1) is 0 Å². The molecule has 0 heterocycles. The summed E-state index contributed by atoms with van der Waals surface area (Å²) in [6.07, 6.45) is 0. The maximum atomic E-state index is 11.6. The zero-order valence-electron chi connectivity index (χ0n) is 10.9. The van der Waals surface area contributed by atoms with Crippen LogP contribution in [-0.4, -0.2) is 58.3 Å². The van der Waals surface area contributed by atoms with Crippen LogP contribution in [0.15, 0.2) is 0 Å². The number of sulfonamides is 1. The molecular weight excluding hydrogens is 226 g/mol. The zero-order valence-corrected chi connectivity index (χ0v) is 11.8. The largest absolute Gasteiger partial charge is 0.313 e. The van der Waals surface area contributed by atoms with Gasteiger partial charge in [0.15, 0.2) is 0 Å². The summed E-state index contributed by atoms with van der Waals surface area (Å²) in [4.78, 5) is 1.96. The van der Waals surface area contributed by atoms with Gasteiger partial charge in [-0.2, -0.15) is 0 Å². The van der Waals surface area contributed by atoms with Crippen LogP contribution in [0.4, 0.5) is 0 Å². The Labute approximate surface area is 99.6 Å². The molecule has 0 aromatic rings. The van der Waals surface area contributed by atoms with Gasteiger partial charge in [0.2, 0.25) is 10.0 Å². The summed E-state index contributed by atoms with van der Waals surface area (Å²) < 4.78 is 25.9. The van der Waals surface area contributed by atoms with E-state index in [1.807, 2.05) is 39.8 Å². The minimum Gasteiger partial charge on any atom is -0.313 e. The predicted octanol–water partition coefficient (Wildman–Crippen LogP) is -0.146. The van der Waals surface area contributed by atoms with Gasteiger partial charge in [0.05, 0.1) is 5.75 Å². The van der Waals surface area contributed by atoms with Crippen LogP contribution in [0.3, 0.4) is 0 Å². The highest BCUT2D eigenvalue weighted by Crippen LogP contribution is 1.91. The monoisotopic (exact) mass is 251 g/mol. The van der Waals surface area contributed by atoms with Crippen molar-refractivity contribution in [2.24, 2.45) is 0 Å². The van der Waals surface area contributed by atoms with Crippen molar-refractivity contribution < 1.29 is 8.42 Å². The van der Waals surface area contributed by atoms with Crippen LogP contribution in [0.25, 0.3) is 0 Å². The fourth-order valence-electron chi connectivity index (χ4n) is 1.43. The molecule has 6 heteroatoms. The van der Waals surface area contributed by atoms with E-state index in [1.54, 1.807) is 0 Å². The molecule has 1 atom stereocenters. The van der Waals surface area contributed by atoms with Crippen molar-refractivity contribution in [1.29, 1.82) is 0 Å². The molecule has 5 nitrogen and oxygen atoms in total. The average Bonchev–Trinajstić information content (AvgIpc) is 1.98. The molecule has 0 radical (unpaired) electrons. The van der Waals surface area contributed by atoms with Crippen molar-refractivity contribution >= 4 is 10.0 Å². The van der Waals surface area contributed by atoms with Crippen LogP contribution < -0.4 is 10.0 Å². The van der Waals surface area contributed by atoms with Crippen LogP contribution in [0.1, 0.15) is 20.8 Å². The molecule has 0 fully saturated rings. The van der Waals surface area contributed by atoms with Gasteiger partial charge in [0.1, 0.15) is 0 Å². The van der Waals surface area contributed by atoms with Crippen molar-refractivity contribution in [3.8, 4) is 0 Å². The molecule has 2 N–H and O–H groups in total. The van der Waals surface area contributed by atoms with E-state index in [-0.39, 0.29) is 11.8 Å². The first-order chi connectivity index (χ1) is 7.23. The third-order valence-corrected chi connectivity index (χ3v) is 3.45. The van der Waals surface area contributed by atoms with Crippen molar-refractivity contribution in [2.45, 2.75) is 32.9 Å². The average molecular weight is 251 g/mol. The molecule has 0 spiro atoms. The molecule has 0 amide bonds. The highest BCUT2D eigenvalue weighted by atomic mass is 32.2. The van der Waals surface area contributed by atoms with Gasteiger partial charge >= 0.3 is 0 Å². The number of likely N-dealkylation sites (N-methyl/N-ethyl adjacent to an activating group) is 1. The van der Waals surface area contributed by atoms with Crippen LogP contribution >= 0.6 is 0 Å². The Hall–Kier alpha value is -0.170. The van der Waals surface area contributed by atoms with Gasteiger partial charge in [0, 0.05) is 25.2 Å². The topological polar surface area (TPSA) is 61.4 Å². The van der Waals surface area contributed by atoms with Gasteiger partial charge in [-0.05, 0) is 21.0 Å². The molecular formula is C10H25N3O2S. The van der Waals surface area contributed by atoms with E-state index in [9.17, 15) is 8.42 Å². The second kappa shape index (κ2) is 7.21. The van der Waals surface area contributed by atoms with Crippen molar-refractivity contribution in [3.05, 3.63) is 0 Å². The second-order valence-electron chi connectivity index (χ2n) is 4.71. The first-order valence-electron chi connectivity index (χ1n) is 5.61. The van der Waals surface area contributed by atoms with Crippen LogP contribution in [-0.2, 0) is 10.0 Å². The van der Waals surface area contributed by atoms with Gasteiger partial charge in [0.25, 0.3) is 0 Å². The lowest BCUT2D eigenvalue weighted by molar-refractivity contribution is 0.370. The Balaban J connectivity index is 3.95. The summed E-state index contributed by atoms with van der Waals surface area (Å²) in [6, 6.07) is 0.258. The number of nitrogens with one attached hydrogen (secondary N) is 2. The molecule has 0 aliphatic rings. The second-order valence-corrected chi connectivity index (χ2v) is 6.58. The lowest BCUT2D eigenvalue weighted by Crippen LogP contribution is -2.42. The number of hydrogen-bond donors (Lipinski definition) is 2. The Bertz CT molecular complexity index is 276. The minimum absolute atomic E-state index is 0.0564. The third kappa shape index (κ3) is 9.08. The number of nitrogens with zero attached hydrogens (tertiary/aromatic N) is 1. The van der Waals surface area contributed by atoms with Crippen LogP contribution in [0, 0.1) is 0 Å². The third-order valence-electron chi connectivity index (χ3n) is 1.94. The Morgan fingerprint density at radius 1 is 1.19 bits per heavy atom. The fraction of sp³-hybridized carbons (Fsp3) is 1.00. The van der Waals surface area contributed by atoms with E-state index in [2.05, 4.69) is 10.0 Å². The summed E-state index contributed by atoms with van der Waals surface area (Å²) in [5.74, 6) is 0.128. The molecule has 1 unspecified atom stereocenters. The Morgan fingerprint density at radius 3 is 2.19 bits per heavy atom. The van der Waals surface area contributed by atoms with Crippen molar-refractivity contribution in [2.75, 3.05) is 32.9 Å². The highest BCUT2D eigenvalue weighted by molar-refractivity contribution is 7.89. The first-order valence-corrected chi connectivity index (χ1v) is 7.26. The van der Waals surface area contributed by atoms with Crippen LogP contribution in [0.2, 0.25) is 0 Å². The summed E-state index contributed by atoms with van der Waals surface area (Å²) in [6.45, 7) is 7.05. The van der Waals surface area contributed by atoms with Crippen molar-refractivity contribution in [3.63, 3.8) is 0 Å². The van der Waals surface area contributed by atoms with E-state index >= 15 is 0 Å². The molecule has 16 heavy (non-hydrogen) atoms. The number of hydrogen-bond acceptors (Lipinski definition) is 4. The summed E-state index contributed by atoms with van der Waals surface area (Å²) in [7, 11) is 0.682. The standard InChI is InChI=1S/C10H25N3O2S/c1-9(2)11-6-7-16(14,15)12-10(3)8-13(4)5/h9-12H,6-8H2,1-5H3. The Kier molecular flexibility index (Phi) is 7.14. The van der Waals surface area contributed by atoms with E-state index < -0.39 is 10.0 Å². The van der Waals surface area contributed by atoms with Gasteiger partial charge in [-0.25, -0.2) is 13.1 Å². The number of rotatable bonds is 8. The smallest absolute Gasteiger partial charge is 0.213 e. The van der Waals surface area contributed by atoms with E-state index in [4.69, 9.17) is 0 Å². The fourth-order valence-corrected chi connectivity index (χ4v) is 2.62. The Morgan fingerprint density at radius 2 is 1.75 bits per heavy atom. The molecule has 0 rings (SSSR count). The van der Waals surface area contributed by atoms with Gasteiger partial charge in [-0.3, -0.25) is 0 Å². The molecule has 0 saturated heterocycles. The summed E-state index contributed by atoms with van der Waals surface area (Å²) in [5, 5.41) is 3.09. The first kappa shape index (κ1) is 15.8. The summed E-state index contributed by atoms with van der Waals surface area (Å²) >= 11 is 0. The summed E-state index contributed by atoms with van der Waals surface area (Å²) in [5.41, 5.74) is 0. The molecule has 0 bridgehead atoms. The van der Waals surface area contributed by atoms with Crippen molar-refractivity contribution in [1.82, 2.24) is 14.9 Å².